The van der Waals surface area contributed by atoms with Crippen LogP contribution in [0.5, 0.6) is 0 Å². The monoisotopic (exact) mass is 275 g/mol. The summed E-state index contributed by atoms with van der Waals surface area (Å²) in [6, 6.07) is -1.35. The summed E-state index contributed by atoms with van der Waals surface area (Å²) in [7, 11) is 1.13. The van der Waals surface area contributed by atoms with E-state index in [2.05, 4.69) is 14.2 Å². The third kappa shape index (κ3) is 8.32. The molecule has 0 aliphatic heterocycles. The average Bonchev–Trinajstić information content (AvgIpc) is 2.34. The van der Waals surface area contributed by atoms with Crippen molar-refractivity contribution < 1.29 is 38.5 Å². The lowest BCUT2D eigenvalue weighted by Crippen LogP contribution is -2.35. The van der Waals surface area contributed by atoms with Gasteiger partial charge in [0.1, 0.15) is 6.04 Å². The van der Waals surface area contributed by atoms with Crippen molar-refractivity contribution in [3.63, 3.8) is 0 Å². The highest BCUT2D eigenvalue weighted by atomic mass is 16.7. The fraction of sp³-hybridized carbons (Fsp3) is 0.400. The minimum Gasteiger partial charge on any atom is -0.481 e. The van der Waals surface area contributed by atoms with Crippen LogP contribution < -0.4 is 5.73 Å². The second kappa shape index (κ2) is 8.64. The third-order valence-electron chi connectivity index (χ3n) is 1.66. The van der Waals surface area contributed by atoms with Crippen molar-refractivity contribution in [1.82, 2.24) is 0 Å². The summed E-state index contributed by atoms with van der Waals surface area (Å²) in [5.41, 5.74) is 5.18. The van der Waals surface area contributed by atoms with Gasteiger partial charge in [0.2, 0.25) is 6.79 Å². The molecule has 0 aromatic rings. The molecular weight excluding hydrogens is 262 g/mol. The Balaban J connectivity index is 3.93. The number of carboxylic acids is 1. The molecule has 9 heteroatoms. The zero-order valence-electron chi connectivity index (χ0n) is 10.0. The summed E-state index contributed by atoms with van der Waals surface area (Å²) >= 11 is 0. The number of hydrogen-bond donors (Lipinski definition) is 2. The highest BCUT2D eigenvalue weighted by Crippen LogP contribution is 1.93. The van der Waals surface area contributed by atoms with E-state index in [0.717, 1.165) is 19.3 Å². The van der Waals surface area contributed by atoms with E-state index >= 15 is 0 Å². The Morgan fingerprint density at radius 1 is 1.16 bits per heavy atom. The molecule has 19 heavy (non-hydrogen) atoms. The Hall–Kier alpha value is -2.42. The van der Waals surface area contributed by atoms with Crippen molar-refractivity contribution in [1.29, 1.82) is 0 Å². The molecule has 0 fully saturated rings. The maximum absolute atomic E-state index is 11.1. The van der Waals surface area contributed by atoms with Crippen molar-refractivity contribution in [3.8, 4) is 0 Å². The van der Waals surface area contributed by atoms with Gasteiger partial charge < -0.3 is 25.1 Å². The van der Waals surface area contributed by atoms with E-state index in [1.807, 2.05) is 0 Å². The first-order valence-corrected chi connectivity index (χ1v) is 4.93. The zero-order chi connectivity index (χ0) is 14.8. The molecule has 106 valence electrons. The second-order valence-corrected chi connectivity index (χ2v) is 3.11. The van der Waals surface area contributed by atoms with Crippen LogP contribution in [0.25, 0.3) is 0 Å². The summed E-state index contributed by atoms with van der Waals surface area (Å²) in [4.78, 5) is 42.9. The molecule has 0 aromatic heterocycles. The fourth-order valence-corrected chi connectivity index (χ4v) is 0.776. The van der Waals surface area contributed by atoms with Crippen LogP contribution in [0.4, 0.5) is 0 Å². The number of ether oxygens (including phenoxy) is 3. The Kier molecular flexibility index (Phi) is 7.54. The van der Waals surface area contributed by atoms with Crippen molar-refractivity contribution in [3.05, 3.63) is 12.2 Å². The standard InChI is InChI=1S/C10H13NO8/c1-17-8(14)2-3-9(15)18-5-19-10(16)6(11)4-7(12)13/h2-3,6H,4-5,11H2,1H3,(H,12,13)/t6-/m0/s1. The van der Waals surface area contributed by atoms with Crippen LogP contribution in [-0.4, -0.2) is 48.9 Å². The van der Waals surface area contributed by atoms with Gasteiger partial charge in [0.05, 0.1) is 13.5 Å². The predicted molar refractivity (Wildman–Crippen MR) is 58.4 cm³/mol. The van der Waals surface area contributed by atoms with Gasteiger partial charge in [-0.25, -0.2) is 9.59 Å². The fourth-order valence-electron chi connectivity index (χ4n) is 0.776. The molecule has 0 saturated carbocycles. The molecule has 0 radical (unpaired) electrons. The summed E-state index contributed by atoms with van der Waals surface area (Å²) in [6.07, 6.45) is 0.992. The van der Waals surface area contributed by atoms with Gasteiger partial charge in [-0.15, -0.1) is 0 Å². The third-order valence-corrected chi connectivity index (χ3v) is 1.66. The summed E-state index contributed by atoms with van der Waals surface area (Å²) in [6.45, 7) is -0.740. The van der Waals surface area contributed by atoms with Crippen LogP contribution in [-0.2, 0) is 33.4 Å². The van der Waals surface area contributed by atoms with Crippen molar-refractivity contribution in [2.45, 2.75) is 12.5 Å². The SMILES string of the molecule is COC(=O)C=CC(=O)OCOC(=O)[C@@H](N)CC(=O)O. The number of methoxy groups -OCH3 is 1. The highest BCUT2D eigenvalue weighted by molar-refractivity contribution is 5.91. The molecule has 1 atom stereocenters. The lowest BCUT2D eigenvalue weighted by atomic mass is 10.2. The van der Waals surface area contributed by atoms with Gasteiger partial charge in [-0.3, -0.25) is 9.59 Å². The lowest BCUT2D eigenvalue weighted by molar-refractivity contribution is -0.166. The molecule has 0 aliphatic carbocycles. The number of carboxylic acid groups (broad SMARTS) is 1. The second-order valence-electron chi connectivity index (χ2n) is 3.11. The summed E-state index contributed by atoms with van der Waals surface area (Å²) in [5.74, 6) is -3.97. The van der Waals surface area contributed by atoms with Crippen LogP contribution in [0.1, 0.15) is 6.42 Å². The zero-order valence-corrected chi connectivity index (χ0v) is 10.0. The van der Waals surface area contributed by atoms with E-state index in [9.17, 15) is 19.2 Å². The number of aliphatic carboxylic acids is 1. The predicted octanol–water partition coefficient (Wildman–Crippen LogP) is -1.44. The largest absolute Gasteiger partial charge is 0.481 e. The number of esters is 3. The Morgan fingerprint density at radius 3 is 2.26 bits per heavy atom. The molecule has 0 bridgehead atoms. The first-order chi connectivity index (χ1) is 8.86. The molecule has 0 rings (SSSR count). The van der Waals surface area contributed by atoms with Crippen LogP contribution in [0.15, 0.2) is 12.2 Å². The molecule has 0 aromatic carbocycles. The molecule has 9 nitrogen and oxygen atoms in total. The van der Waals surface area contributed by atoms with E-state index in [1.165, 1.54) is 0 Å². The minimum absolute atomic E-state index is 0.602. The molecule has 0 aliphatic rings. The number of rotatable bonds is 7. The van der Waals surface area contributed by atoms with Crippen molar-refractivity contribution >= 4 is 23.9 Å². The number of hydrogen-bond acceptors (Lipinski definition) is 8. The van der Waals surface area contributed by atoms with Gasteiger partial charge in [-0.05, 0) is 0 Å². The average molecular weight is 275 g/mol. The molecule has 0 spiro atoms. The van der Waals surface area contributed by atoms with Gasteiger partial charge in [-0.2, -0.15) is 0 Å². The van der Waals surface area contributed by atoms with Crippen LogP contribution >= 0.6 is 0 Å². The van der Waals surface area contributed by atoms with E-state index in [4.69, 9.17) is 10.8 Å². The van der Waals surface area contributed by atoms with E-state index < -0.39 is 43.1 Å². The van der Waals surface area contributed by atoms with Crippen molar-refractivity contribution in [2.75, 3.05) is 13.9 Å². The number of carbonyl (C=O) groups excluding carboxylic acids is 3. The molecule has 3 N–H and O–H groups in total. The Bertz CT molecular complexity index is 389. The van der Waals surface area contributed by atoms with Crippen LogP contribution in [0, 0.1) is 0 Å². The Morgan fingerprint density at radius 2 is 1.74 bits per heavy atom. The minimum atomic E-state index is -1.35. The topological polar surface area (TPSA) is 142 Å². The number of nitrogens with two attached hydrogens (primary N) is 1. The highest BCUT2D eigenvalue weighted by Gasteiger charge is 2.18. The first-order valence-electron chi connectivity index (χ1n) is 4.93. The van der Waals surface area contributed by atoms with Crippen LogP contribution in [0.2, 0.25) is 0 Å². The number of carbonyl (C=O) groups is 4. The van der Waals surface area contributed by atoms with E-state index in [1.54, 1.807) is 0 Å². The maximum atomic E-state index is 11.1. The van der Waals surface area contributed by atoms with E-state index in [0.29, 0.717) is 0 Å². The first kappa shape index (κ1) is 16.6. The van der Waals surface area contributed by atoms with Gasteiger partial charge in [0.25, 0.3) is 0 Å². The van der Waals surface area contributed by atoms with Gasteiger partial charge >= 0.3 is 23.9 Å². The smallest absolute Gasteiger partial charge is 0.333 e. The summed E-state index contributed by atoms with van der Waals surface area (Å²) < 4.78 is 13.0. The quantitative estimate of drug-likeness (QED) is 0.324. The van der Waals surface area contributed by atoms with Gasteiger partial charge in [0, 0.05) is 12.2 Å². The maximum Gasteiger partial charge on any atom is 0.333 e. The van der Waals surface area contributed by atoms with Gasteiger partial charge in [0.15, 0.2) is 0 Å². The lowest BCUT2D eigenvalue weighted by Gasteiger charge is -2.08. The summed E-state index contributed by atoms with van der Waals surface area (Å²) in [5, 5.41) is 8.37. The van der Waals surface area contributed by atoms with Gasteiger partial charge in [-0.1, -0.05) is 0 Å². The molecule has 0 amide bonds. The van der Waals surface area contributed by atoms with Crippen molar-refractivity contribution in [2.24, 2.45) is 5.73 Å². The van der Waals surface area contributed by atoms with Crippen LogP contribution in [0.3, 0.4) is 0 Å². The van der Waals surface area contributed by atoms with E-state index in [-0.39, 0.29) is 0 Å². The molecular formula is C10H13NO8. The molecule has 0 unspecified atom stereocenters. The normalized spacial score (nSPS) is 11.7. The molecule has 0 heterocycles. The Labute approximate surface area is 107 Å². The molecule has 0 saturated heterocycles.